The molecular weight excluding hydrogens is 432 g/mol. The van der Waals surface area contributed by atoms with Crippen LogP contribution in [-0.4, -0.2) is 26.5 Å². The Hall–Kier alpha value is -2.40. The van der Waals surface area contributed by atoms with Crippen molar-refractivity contribution in [3.63, 3.8) is 0 Å². The molecule has 0 saturated carbocycles. The first-order chi connectivity index (χ1) is 12.4. The Morgan fingerprint density at radius 1 is 1.42 bits per heavy atom. The predicted octanol–water partition coefficient (Wildman–Crippen LogP) is 3.33. The van der Waals surface area contributed by atoms with Crippen LogP contribution in [0.25, 0.3) is 11.4 Å². The summed E-state index contributed by atoms with van der Waals surface area (Å²) < 4.78 is 33.4. The quantitative estimate of drug-likeness (QED) is 0.463. The number of aromatic nitrogens is 3. The van der Waals surface area contributed by atoms with E-state index < -0.39 is 17.5 Å². The van der Waals surface area contributed by atoms with Crippen LogP contribution >= 0.6 is 27.7 Å². The van der Waals surface area contributed by atoms with E-state index in [4.69, 9.17) is 10.3 Å². The van der Waals surface area contributed by atoms with Gasteiger partial charge in [-0.3, -0.25) is 4.79 Å². The van der Waals surface area contributed by atoms with Crippen molar-refractivity contribution in [2.45, 2.75) is 12.1 Å². The van der Waals surface area contributed by atoms with E-state index in [0.29, 0.717) is 28.4 Å². The van der Waals surface area contributed by atoms with Gasteiger partial charge in [-0.15, -0.1) is 10.2 Å². The average Bonchev–Trinajstić information content (AvgIpc) is 3.14. The Bertz CT molecular complexity index is 952. The van der Waals surface area contributed by atoms with Crippen LogP contribution in [-0.2, 0) is 4.79 Å². The molecule has 2 heterocycles. The number of carbonyl (C=O) groups is 1. The maximum absolute atomic E-state index is 13.8. The number of halogens is 3. The molecule has 0 saturated heterocycles. The molecule has 3 aromatic rings. The first-order valence-electron chi connectivity index (χ1n) is 7.19. The lowest BCUT2D eigenvalue weighted by molar-refractivity contribution is -0.113. The summed E-state index contributed by atoms with van der Waals surface area (Å²) >= 11 is 4.03. The number of rotatable bonds is 5. The van der Waals surface area contributed by atoms with E-state index in [9.17, 15) is 13.6 Å². The summed E-state index contributed by atoms with van der Waals surface area (Å²) in [6.45, 7) is 1.76. The molecule has 1 amide bonds. The number of furan rings is 1. The van der Waals surface area contributed by atoms with Gasteiger partial charge in [-0.05, 0) is 35.0 Å². The molecule has 3 rings (SSSR count). The molecule has 0 radical (unpaired) electrons. The fourth-order valence-electron chi connectivity index (χ4n) is 2.14. The van der Waals surface area contributed by atoms with E-state index in [-0.39, 0.29) is 15.9 Å². The second kappa shape index (κ2) is 7.46. The van der Waals surface area contributed by atoms with Gasteiger partial charge in [-0.25, -0.2) is 13.5 Å². The highest BCUT2D eigenvalue weighted by atomic mass is 79.9. The number of nitrogens with one attached hydrogen (secondary N) is 1. The maximum Gasteiger partial charge on any atom is 0.234 e. The Kier molecular flexibility index (Phi) is 5.28. The molecule has 7 nitrogen and oxygen atoms in total. The number of carbonyl (C=O) groups excluding carboxylic acids is 1. The van der Waals surface area contributed by atoms with Crippen molar-refractivity contribution in [2.75, 3.05) is 16.9 Å². The zero-order chi connectivity index (χ0) is 18.8. The highest BCUT2D eigenvalue weighted by Gasteiger charge is 2.18. The summed E-state index contributed by atoms with van der Waals surface area (Å²) in [5.41, 5.74) is 0.551. The minimum Gasteiger partial charge on any atom is -0.469 e. The molecule has 11 heteroatoms. The van der Waals surface area contributed by atoms with E-state index >= 15 is 0 Å². The fourth-order valence-corrected chi connectivity index (χ4v) is 3.31. The third kappa shape index (κ3) is 3.73. The number of thioether (sulfide) groups is 1. The summed E-state index contributed by atoms with van der Waals surface area (Å²) in [6, 6.07) is 3.45. The lowest BCUT2D eigenvalue weighted by Crippen LogP contribution is -2.17. The number of nitrogens with two attached hydrogens (primary N) is 1. The van der Waals surface area contributed by atoms with Crippen LogP contribution < -0.4 is 11.2 Å². The van der Waals surface area contributed by atoms with Gasteiger partial charge in [-0.2, -0.15) is 0 Å². The van der Waals surface area contributed by atoms with Gasteiger partial charge >= 0.3 is 0 Å². The Morgan fingerprint density at radius 2 is 2.19 bits per heavy atom. The highest BCUT2D eigenvalue weighted by Crippen LogP contribution is 2.28. The smallest absolute Gasteiger partial charge is 0.234 e. The molecule has 0 aliphatic carbocycles. The SMILES string of the molecule is Cc1occc1-c1nnc(SCC(=O)Nc2c(F)cc(F)cc2Br)n1N. The fraction of sp³-hybridized carbons (Fsp3) is 0.133. The van der Waals surface area contributed by atoms with Crippen molar-refractivity contribution in [2.24, 2.45) is 0 Å². The zero-order valence-corrected chi connectivity index (χ0v) is 15.7. The van der Waals surface area contributed by atoms with E-state index in [1.54, 1.807) is 13.0 Å². The first-order valence-corrected chi connectivity index (χ1v) is 8.97. The molecule has 0 spiro atoms. The van der Waals surface area contributed by atoms with Crippen molar-refractivity contribution in [3.8, 4) is 11.4 Å². The van der Waals surface area contributed by atoms with Crippen molar-refractivity contribution >= 4 is 39.3 Å². The van der Waals surface area contributed by atoms with Crippen LogP contribution in [0.2, 0.25) is 0 Å². The average molecular weight is 444 g/mol. The number of nitrogen functional groups attached to an aromatic ring is 1. The molecule has 0 aliphatic rings. The number of amides is 1. The third-order valence-electron chi connectivity index (χ3n) is 3.37. The number of benzene rings is 1. The molecule has 0 unspecified atom stereocenters. The van der Waals surface area contributed by atoms with Gasteiger partial charge in [0.25, 0.3) is 0 Å². The van der Waals surface area contributed by atoms with Gasteiger partial charge in [0.2, 0.25) is 11.1 Å². The van der Waals surface area contributed by atoms with Gasteiger partial charge in [0.15, 0.2) is 11.6 Å². The molecule has 136 valence electrons. The van der Waals surface area contributed by atoms with Crippen molar-refractivity contribution in [3.05, 3.63) is 46.3 Å². The summed E-state index contributed by atoms with van der Waals surface area (Å²) in [7, 11) is 0. The van der Waals surface area contributed by atoms with Crippen LogP contribution in [0.4, 0.5) is 14.5 Å². The Balaban J connectivity index is 1.68. The molecule has 26 heavy (non-hydrogen) atoms. The minimum absolute atomic E-state index is 0.0943. The highest BCUT2D eigenvalue weighted by molar-refractivity contribution is 9.10. The van der Waals surface area contributed by atoms with Crippen LogP contribution in [0.1, 0.15) is 5.76 Å². The van der Waals surface area contributed by atoms with Gasteiger partial charge < -0.3 is 15.6 Å². The lowest BCUT2D eigenvalue weighted by Gasteiger charge is -2.08. The second-order valence-corrected chi connectivity index (χ2v) is 6.94. The van der Waals surface area contributed by atoms with E-state index in [0.717, 1.165) is 17.8 Å². The largest absolute Gasteiger partial charge is 0.469 e. The standard InChI is InChI=1S/C15H12BrF2N5O2S/c1-7-9(2-3-25-7)14-21-22-15(23(14)19)26-6-12(24)20-13-10(16)4-8(17)5-11(13)18/h2-5H,6,19H2,1H3,(H,20,24). The molecule has 1 aromatic carbocycles. The topological polar surface area (TPSA) is 99.0 Å². The predicted molar refractivity (Wildman–Crippen MR) is 96.0 cm³/mol. The number of aryl methyl sites for hydroxylation is 1. The molecule has 2 aromatic heterocycles. The van der Waals surface area contributed by atoms with Crippen LogP contribution in [0.3, 0.4) is 0 Å². The monoisotopic (exact) mass is 443 g/mol. The Morgan fingerprint density at radius 3 is 2.85 bits per heavy atom. The van der Waals surface area contributed by atoms with Crippen LogP contribution in [0.15, 0.2) is 38.5 Å². The summed E-state index contributed by atoms with van der Waals surface area (Å²) in [4.78, 5) is 12.0. The maximum atomic E-state index is 13.8. The summed E-state index contributed by atoms with van der Waals surface area (Å²) in [5.74, 6) is 4.75. The van der Waals surface area contributed by atoms with Gasteiger partial charge in [0.1, 0.15) is 11.6 Å². The van der Waals surface area contributed by atoms with Gasteiger partial charge in [0.05, 0.1) is 23.3 Å². The second-order valence-electron chi connectivity index (χ2n) is 5.15. The van der Waals surface area contributed by atoms with Crippen LogP contribution in [0.5, 0.6) is 0 Å². The summed E-state index contributed by atoms with van der Waals surface area (Å²) in [6.07, 6.45) is 1.51. The van der Waals surface area contributed by atoms with Gasteiger partial charge in [0, 0.05) is 10.5 Å². The van der Waals surface area contributed by atoms with E-state index in [2.05, 4.69) is 31.4 Å². The molecule has 3 N–H and O–H groups in total. The lowest BCUT2D eigenvalue weighted by atomic mass is 10.2. The van der Waals surface area contributed by atoms with Crippen molar-refractivity contribution in [1.82, 2.24) is 14.9 Å². The number of nitrogens with zero attached hydrogens (tertiary/aromatic N) is 3. The molecule has 0 aliphatic heterocycles. The van der Waals surface area contributed by atoms with Crippen molar-refractivity contribution in [1.29, 1.82) is 0 Å². The molecule has 0 atom stereocenters. The molecule has 0 fully saturated rings. The first kappa shape index (κ1) is 18.4. The van der Waals surface area contributed by atoms with Crippen molar-refractivity contribution < 1.29 is 18.0 Å². The third-order valence-corrected chi connectivity index (χ3v) is 4.94. The number of hydrogen-bond acceptors (Lipinski definition) is 6. The zero-order valence-electron chi connectivity index (χ0n) is 13.3. The Labute approximate surface area is 159 Å². The molecular formula is C15H12BrF2N5O2S. The van der Waals surface area contributed by atoms with Gasteiger partial charge in [-0.1, -0.05) is 11.8 Å². The number of anilines is 1. The minimum atomic E-state index is -0.880. The number of hydrogen-bond donors (Lipinski definition) is 2. The summed E-state index contributed by atoms with van der Waals surface area (Å²) in [5, 5.41) is 10.6. The van der Waals surface area contributed by atoms with E-state index in [1.807, 2.05) is 0 Å². The van der Waals surface area contributed by atoms with Crippen LogP contribution in [0, 0.1) is 18.6 Å². The molecule has 0 bridgehead atoms. The van der Waals surface area contributed by atoms with E-state index in [1.165, 1.54) is 10.9 Å². The normalized spacial score (nSPS) is 10.9.